The highest BCUT2D eigenvalue weighted by Gasteiger charge is 2.22. The number of benzene rings is 1. The van der Waals surface area contributed by atoms with Gasteiger partial charge in [0.1, 0.15) is 0 Å². The molecule has 0 saturated heterocycles. The van der Waals surface area contributed by atoms with Crippen molar-refractivity contribution in [1.29, 1.82) is 0 Å². The van der Waals surface area contributed by atoms with Gasteiger partial charge in [-0.1, -0.05) is 50.5 Å². The zero-order valence-electron chi connectivity index (χ0n) is 12.7. The minimum absolute atomic E-state index is 0.151. The molecule has 1 aliphatic rings. The van der Waals surface area contributed by atoms with Crippen molar-refractivity contribution < 1.29 is 4.79 Å². The smallest absolute Gasteiger partial charge is 0.229 e. The predicted octanol–water partition coefficient (Wildman–Crippen LogP) is 4.94. The monoisotopic (exact) mass is 302 g/mol. The number of amides is 1. The SMILES string of the molecule is CC(C)c1ccc2nc(NC(=O)C3CCCCC3)sc2c1. The second-order valence-corrected chi connectivity index (χ2v) is 7.26. The summed E-state index contributed by atoms with van der Waals surface area (Å²) in [4.78, 5) is 16.8. The molecular weight excluding hydrogens is 280 g/mol. The summed E-state index contributed by atoms with van der Waals surface area (Å²) in [6, 6.07) is 6.37. The van der Waals surface area contributed by atoms with Crippen molar-refractivity contribution in [3.63, 3.8) is 0 Å². The summed E-state index contributed by atoms with van der Waals surface area (Å²) in [5, 5.41) is 3.76. The van der Waals surface area contributed by atoms with E-state index in [1.54, 1.807) is 11.3 Å². The number of anilines is 1. The Morgan fingerprint density at radius 2 is 2.05 bits per heavy atom. The van der Waals surface area contributed by atoms with Crippen molar-refractivity contribution in [3.05, 3.63) is 23.8 Å². The van der Waals surface area contributed by atoms with Crippen LogP contribution in [0.4, 0.5) is 5.13 Å². The van der Waals surface area contributed by atoms with Crippen molar-refractivity contribution >= 4 is 32.6 Å². The molecule has 1 fully saturated rings. The molecule has 4 heteroatoms. The minimum Gasteiger partial charge on any atom is -0.302 e. The largest absolute Gasteiger partial charge is 0.302 e. The maximum atomic E-state index is 12.3. The molecule has 0 spiro atoms. The van der Waals surface area contributed by atoms with Gasteiger partial charge in [-0.2, -0.15) is 0 Å². The van der Waals surface area contributed by atoms with Gasteiger partial charge in [0.2, 0.25) is 5.91 Å². The van der Waals surface area contributed by atoms with Crippen LogP contribution in [0.15, 0.2) is 18.2 Å². The summed E-state index contributed by atoms with van der Waals surface area (Å²) >= 11 is 1.58. The summed E-state index contributed by atoms with van der Waals surface area (Å²) < 4.78 is 1.15. The lowest BCUT2D eigenvalue weighted by atomic mass is 9.89. The zero-order chi connectivity index (χ0) is 14.8. The van der Waals surface area contributed by atoms with E-state index >= 15 is 0 Å². The van der Waals surface area contributed by atoms with Crippen LogP contribution in [0.3, 0.4) is 0 Å². The number of thiazole rings is 1. The second kappa shape index (κ2) is 6.14. The maximum Gasteiger partial charge on any atom is 0.229 e. The van der Waals surface area contributed by atoms with Crippen molar-refractivity contribution in [2.75, 3.05) is 5.32 Å². The van der Waals surface area contributed by atoms with Crippen molar-refractivity contribution in [3.8, 4) is 0 Å². The van der Waals surface area contributed by atoms with Gasteiger partial charge in [-0.05, 0) is 36.5 Å². The molecule has 21 heavy (non-hydrogen) atoms. The Morgan fingerprint density at radius 1 is 1.29 bits per heavy atom. The molecule has 0 unspecified atom stereocenters. The van der Waals surface area contributed by atoms with E-state index in [1.165, 1.54) is 24.8 Å². The van der Waals surface area contributed by atoms with E-state index in [-0.39, 0.29) is 11.8 Å². The van der Waals surface area contributed by atoms with Gasteiger partial charge in [0.15, 0.2) is 5.13 Å². The van der Waals surface area contributed by atoms with Gasteiger partial charge >= 0.3 is 0 Å². The summed E-state index contributed by atoms with van der Waals surface area (Å²) in [7, 11) is 0. The number of rotatable bonds is 3. The number of carbonyl (C=O) groups is 1. The average molecular weight is 302 g/mol. The van der Waals surface area contributed by atoms with Crippen LogP contribution in [-0.4, -0.2) is 10.9 Å². The van der Waals surface area contributed by atoms with Crippen LogP contribution in [0.1, 0.15) is 57.4 Å². The Morgan fingerprint density at radius 3 is 2.76 bits per heavy atom. The zero-order valence-corrected chi connectivity index (χ0v) is 13.5. The van der Waals surface area contributed by atoms with E-state index < -0.39 is 0 Å². The quantitative estimate of drug-likeness (QED) is 0.872. The first-order valence-electron chi connectivity index (χ1n) is 7.85. The van der Waals surface area contributed by atoms with E-state index in [4.69, 9.17) is 0 Å². The van der Waals surface area contributed by atoms with Crippen LogP contribution in [0, 0.1) is 5.92 Å². The third-order valence-corrected chi connectivity index (χ3v) is 5.22. The number of nitrogens with one attached hydrogen (secondary N) is 1. The summed E-state index contributed by atoms with van der Waals surface area (Å²) in [6.07, 6.45) is 5.66. The molecule has 1 aliphatic carbocycles. The summed E-state index contributed by atoms with van der Waals surface area (Å²) in [6.45, 7) is 4.38. The molecule has 3 nitrogen and oxygen atoms in total. The van der Waals surface area contributed by atoms with E-state index in [2.05, 4.69) is 42.3 Å². The lowest BCUT2D eigenvalue weighted by Gasteiger charge is -2.19. The fraction of sp³-hybridized carbons (Fsp3) is 0.529. The molecule has 2 aromatic rings. The normalized spacial score (nSPS) is 16.5. The molecule has 0 bridgehead atoms. The van der Waals surface area contributed by atoms with E-state index in [0.29, 0.717) is 5.92 Å². The first-order chi connectivity index (χ1) is 10.1. The highest BCUT2D eigenvalue weighted by atomic mass is 32.1. The topological polar surface area (TPSA) is 42.0 Å². The number of hydrogen-bond donors (Lipinski definition) is 1. The van der Waals surface area contributed by atoms with Crippen LogP contribution in [-0.2, 0) is 4.79 Å². The highest BCUT2D eigenvalue weighted by Crippen LogP contribution is 2.30. The van der Waals surface area contributed by atoms with Crippen LogP contribution in [0.5, 0.6) is 0 Å². The van der Waals surface area contributed by atoms with Crippen molar-refractivity contribution in [1.82, 2.24) is 4.98 Å². The summed E-state index contributed by atoms with van der Waals surface area (Å²) in [5.41, 5.74) is 2.29. The number of carbonyl (C=O) groups excluding carboxylic acids is 1. The van der Waals surface area contributed by atoms with Crippen molar-refractivity contribution in [2.24, 2.45) is 5.92 Å². The van der Waals surface area contributed by atoms with Crippen LogP contribution >= 0.6 is 11.3 Å². The van der Waals surface area contributed by atoms with Crippen LogP contribution in [0.2, 0.25) is 0 Å². The standard InChI is InChI=1S/C17H22N2OS/c1-11(2)13-8-9-14-15(10-13)21-17(18-14)19-16(20)12-6-4-3-5-7-12/h8-12H,3-7H2,1-2H3,(H,18,19,20). The molecule has 1 aromatic heterocycles. The van der Waals surface area contributed by atoms with Gasteiger partial charge in [-0.15, -0.1) is 0 Å². The molecule has 112 valence electrons. The number of hydrogen-bond acceptors (Lipinski definition) is 3. The van der Waals surface area contributed by atoms with Gasteiger partial charge in [0.05, 0.1) is 10.2 Å². The van der Waals surface area contributed by atoms with E-state index in [9.17, 15) is 4.79 Å². The van der Waals surface area contributed by atoms with Gasteiger partial charge in [0.25, 0.3) is 0 Å². The fourth-order valence-corrected chi connectivity index (χ4v) is 3.84. The molecule has 1 aromatic carbocycles. The van der Waals surface area contributed by atoms with Gasteiger partial charge in [-0.3, -0.25) is 4.79 Å². The molecular formula is C17H22N2OS. The molecule has 3 rings (SSSR count). The Bertz CT molecular complexity index is 641. The van der Waals surface area contributed by atoms with E-state index in [0.717, 1.165) is 28.2 Å². The molecule has 0 aliphatic heterocycles. The highest BCUT2D eigenvalue weighted by molar-refractivity contribution is 7.22. The molecule has 0 radical (unpaired) electrons. The fourth-order valence-electron chi connectivity index (χ4n) is 2.93. The second-order valence-electron chi connectivity index (χ2n) is 6.23. The van der Waals surface area contributed by atoms with Gasteiger partial charge in [0, 0.05) is 5.92 Å². The molecule has 1 heterocycles. The van der Waals surface area contributed by atoms with Crippen molar-refractivity contribution in [2.45, 2.75) is 51.9 Å². The van der Waals surface area contributed by atoms with Gasteiger partial charge < -0.3 is 5.32 Å². The third kappa shape index (κ3) is 3.26. The molecule has 1 N–H and O–H groups in total. The Kier molecular flexibility index (Phi) is 4.24. The lowest BCUT2D eigenvalue weighted by Crippen LogP contribution is -2.24. The van der Waals surface area contributed by atoms with Crippen LogP contribution in [0.25, 0.3) is 10.2 Å². The number of aromatic nitrogens is 1. The minimum atomic E-state index is 0.151. The number of nitrogens with zero attached hydrogens (tertiary/aromatic N) is 1. The first-order valence-corrected chi connectivity index (χ1v) is 8.66. The maximum absolute atomic E-state index is 12.3. The molecule has 1 amide bonds. The van der Waals surface area contributed by atoms with Crippen LogP contribution < -0.4 is 5.32 Å². The predicted molar refractivity (Wildman–Crippen MR) is 88.9 cm³/mol. The van der Waals surface area contributed by atoms with Gasteiger partial charge in [-0.25, -0.2) is 4.98 Å². The Balaban J connectivity index is 1.76. The first kappa shape index (κ1) is 14.5. The van der Waals surface area contributed by atoms with E-state index in [1.807, 2.05) is 0 Å². The summed E-state index contributed by atoms with van der Waals surface area (Å²) in [5.74, 6) is 0.839. The molecule has 0 atom stereocenters. The Hall–Kier alpha value is -1.42. The average Bonchev–Trinajstić information content (AvgIpc) is 2.89. The lowest BCUT2D eigenvalue weighted by molar-refractivity contribution is -0.120. The third-order valence-electron chi connectivity index (χ3n) is 4.29. The number of fused-ring (bicyclic) bond motifs is 1. The molecule has 1 saturated carbocycles. The Labute approximate surface area is 129 Å².